The average Bonchev–Trinajstić information content (AvgIpc) is 2.26. The van der Waals surface area contributed by atoms with Crippen molar-refractivity contribution in [1.82, 2.24) is 0 Å². The Balaban J connectivity index is 3.55. The molecule has 20 heavy (non-hydrogen) atoms. The predicted molar refractivity (Wildman–Crippen MR) is 100 cm³/mol. The van der Waals surface area contributed by atoms with Gasteiger partial charge >= 0.3 is 0 Å². The SMILES string of the molecule is CC(C)(C)[Si](C)(C)c1ccccc1[Si](C)(C)C(C)(C)C. The zero-order chi connectivity index (χ0) is 16.0. The van der Waals surface area contributed by atoms with Crippen molar-refractivity contribution in [2.75, 3.05) is 0 Å². The van der Waals surface area contributed by atoms with Crippen molar-refractivity contribution < 1.29 is 0 Å². The van der Waals surface area contributed by atoms with Crippen LogP contribution in [0.2, 0.25) is 36.3 Å². The maximum Gasteiger partial charge on any atom is 0.0857 e. The molecule has 0 saturated heterocycles. The lowest BCUT2D eigenvalue weighted by molar-refractivity contribution is 0.726. The third-order valence-corrected chi connectivity index (χ3v) is 17.3. The van der Waals surface area contributed by atoms with Crippen LogP contribution in [0.25, 0.3) is 0 Å². The van der Waals surface area contributed by atoms with E-state index in [1.165, 1.54) is 0 Å². The zero-order valence-electron chi connectivity index (χ0n) is 15.3. The Labute approximate surface area is 129 Å². The predicted octanol–water partition coefficient (Wildman–Crippen LogP) is 5.12. The second-order valence-electron chi connectivity index (χ2n) is 9.30. The molecule has 0 nitrogen and oxygen atoms in total. The fourth-order valence-electron chi connectivity index (χ4n) is 2.38. The standard InChI is InChI=1S/C18H34Si2/c1-17(2,3)19(7,8)15-13-11-12-14-16(15)20(9,10)18(4,5)6/h11-14H,1-10H3. The van der Waals surface area contributed by atoms with E-state index in [2.05, 4.69) is 92.0 Å². The molecule has 0 saturated carbocycles. The van der Waals surface area contributed by atoms with E-state index in [0.717, 1.165) is 0 Å². The Morgan fingerprint density at radius 1 is 0.600 bits per heavy atom. The van der Waals surface area contributed by atoms with Crippen LogP contribution < -0.4 is 10.4 Å². The van der Waals surface area contributed by atoms with Crippen molar-refractivity contribution >= 4 is 26.5 Å². The molecule has 0 amide bonds. The molecule has 0 fully saturated rings. The van der Waals surface area contributed by atoms with Gasteiger partial charge in [-0.05, 0) is 10.1 Å². The van der Waals surface area contributed by atoms with Crippen molar-refractivity contribution in [3.8, 4) is 0 Å². The number of hydrogen-bond donors (Lipinski definition) is 0. The van der Waals surface area contributed by atoms with Crippen LogP contribution in [0.4, 0.5) is 0 Å². The van der Waals surface area contributed by atoms with Gasteiger partial charge in [-0.1, -0.05) is 102 Å². The highest BCUT2D eigenvalue weighted by molar-refractivity contribution is 7.01. The van der Waals surface area contributed by atoms with E-state index in [0.29, 0.717) is 10.1 Å². The van der Waals surface area contributed by atoms with Crippen LogP contribution in [0.1, 0.15) is 41.5 Å². The lowest BCUT2D eigenvalue weighted by Crippen LogP contribution is -2.64. The molecule has 0 N–H and O–H groups in total. The second kappa shape index (κ2) is 5.13. The topological polar surface area (TPSA) is 0 Å². The summed E-state index contributed by atoms with van der Waals surface area (Å²) in [5.74, 6) is 0. The molecular formula is C18H34Si2. The molecule has 0 aromatic heterocycles. The fourth-order valence-corrected chi connectivity index (χ4v) is 8.41. The van der Waals surface area contributed by atoms with E-state index in [4.69, 9.17) is 0 Å². The van der Waals surface area contributed by atoms with Crippen LogP contribution >= 0.6 is 0 Å². The first kappa shape index (κ1) is 17.7. The molecular weight excluding hydrogens is 272 g/mol. The molecule has 0 spiro atoms. The van der Waals surface area contributed by atoms with Gasteiger partial charge in [-0.2, -0.15) is 0 Å². The Morgan fingerprint density at radius 2 is 0.850 bits per heavy atom. The molecule has 0 heterocycles. The number of benzene rings is 1. The van der Waals surface area contributed by atoms with Crippen LogP contribution in [0.3, 0.4) is 0 Å². The van der Waals surface area contributed by atoms with Gasteiger partial charge in [-0.15, -0.1) is 0 Å². The monoisotopic (exact) mass is 306 g/mol. The van der Waals surface area contributed by atoms with Crippen molar-refractivity contribution in [1.29, 1.82) is 0 Å². The summed E-state index contributed by atoms with van der Waals surface area (Å²) in [5.41, 5.74) is 0. The summed E-state index contributed by atoms with van der Waals surface area (Å²) in [6.45, 7) is 24.7. The second-order valence-corrected chi connectivity index (χ2v) is 19.9. The van der Waals surface area contributed by atoms with E-state index >= 15 is 0 Å². The maximum atomic E-state index is 2.54. The third kappa shape index (κ3) is 2.96. The summed E-state index contributed by atoms with van der Waals surface area (Å²) in [6, 6.07) is 9.33. The van der Waals surface area contributed by atoms with Crippen molar-refractivity contribution in [3.05, 3.63) is 24.3 Å². The quantitative estimate of drug-likeness (QED) is 0.665. The van der Waals surface area contributed by atoms with Gasteiger partial charge in [0.2, 0.25) is 0 Å². The molecule has 0 radical (unpaired) electrons. The molecule has 1 aromatic rings. The molecule has 0 aliphatic heterocycles. The highest BCUT2D eigenvalue weighted by Gasteiger charge is 2.44. The minimum Gasteiger partial charge on any atom is -0.0651 e. The van der Waals surface area contributed by atoms with Crippen LogP contribution in [-0.4, -0.2) is 16.1 Å². The molecule has 0 bridgehead atoms. The lowest BCUT2D eigenvalue weighted by atomic mass is 10.2. The Morgan fingerprint density at radius 3 is 1.05 bits per heavy atom. The van der Waals surface area contributed by atoms with E-state index in [1.54, 1.807) is 10.4 Å². The van der Waals surface area contributed by atoms with Gasteiger partial charge in [0, 0.05) is 0 Å². The van der Waals surface area contributed by atoms with Crippen molar-refractivity contribution in [3.63, 3.8) is 0 Å². The molecule has 1 aromatic carbocycles. The van der Waals surface area contributed by atoms with E-state index in [-0.39, 0.29) is 0 Å². The normalized spacial score (nSPS) is 14.5. The minimum atomic E-state index is -1.48. The molecule has 2 heteroatoms. The maximum absolute atomic E-state index is 2.54. The van der Waals surface area contributed by atoms with Gasteiger partial charge in [0.05, 0.1) is 16.1 Å². The summed E-state index contributed by atoms with van der Waals surface area (Å²) >= 11 is 0. The van der Waals surface area contributed by atoms with Crippen molar-refractivity contribution in [2.24, 2.45) is 0 Å². The van der Waals surface area contributed by atoms with Crippen LogP contribution in [0.15, 0.2) is 24.3 Å². The zero-order valence-corrected chi connectivity index (χ0v) is 17.3. The summed E-state index contributed by atoms with van der Waals surface area (Å²) in [4.78, 5) is 0. The minimum absolute atomic E-state index is 0.394. The smallest absolute Gasteiger partial charge is 0.0651 e. The molecule has 0 atom stereocenters. The summed E-state index contributed by atoms with van der Waals surface area (Å²) in [7, 11) is -2.96. The molecule has 0 unspecified atom stereocenters. The average molecular weight is 307 g/mol. The molecule has 114 valence electrons. The van der Waals surface area contributed by atoms with Gasteiger partial charge < -0.3 is 0 Å². The first-order chi connectivity index (χ1) is 8.73. The Bertz CT molecular complexity index is 426. The van der Waals surface area contributed by atoms with E-state index in [1.807, 2.05) is 0 Å². The highest BCUT2D eigenvalue weighted by atomic mass is 28.3. The van der Waals surface area contributed by atoms with E-state index in [9.17, 15) is 0 Å². The summed E-state index contributed by atoms with van der Waals surface area (Å²) in [5, 5.41) is 4.18. The Kier molecular flexibility index (Phi) is 4.54. The van der Waals surface area contributed by atoms with Crippen LogP contribution in [0.5, 0.6) is 0 Å². The molecule has 0 aliphatic carbocycles. The van der Waals surface area contributed by atoms with Gasteiger partial charge in [0.25, 0.3) is 0 Å². The number of rotatable bonds is 2. The van der Waals surface area contributed by atoms with Crippen LogP contribution in [-0.2, 0) is 0 Å². The van der Waals surface area contributed by atoms with Gasteiger partial charge in [-0.25, -0.2) is 0 Å². The Hall–Kier alpha value is -0.346. The summed E-state index contributed by atoms with van der Waals surface area (Å²) in [6.07, 6.45) is 0. The lowest BCUT2D eigenvalue weighted by Gasteiger charge is -2.44. The largest absolute Gasteiger partial charge is 0.0857 e. The molecule has 0 aliphatic rings. The van der Waals surface area contributed by atoms with Gasteiger partial charge in [0.1, 0.15) is 0 Å². The summed E-state index contributed by atoms with van der Waals surface area (Å²) < 4.78 is 0. The third-order valence-electron chi connectivity index (χ3n) is 6.02. The van der Waals surface area contributed by atoms with Crippen molar-refractivity contribution in [2.45, 2.75) is 77.8 Å². The van der Waals surface area contributed by atoms with Gasteiger partial charge in [0.15, 0.2) is 0 Å². The highest BCUT2D eigenvalue weighted by Crippen LogP contribution is 2.38. The van der Waals surface area contributed by atoms with Gasteiger partial charge in [-0.3, -0.25) is 0 Å². The number of hydrogen-bond acceptors (Lipinski definition) is 0. The first-order valence-electron chi connectivity index (χ1n) is 7.83. The van der Waals surface area contributed by atoms with E-state index < -0.39 is 16.1 Å². The molecule has 1 rings (SSSR count). The van der Waals surface area contributed by atoms with Crippen LogP contribution in [0, 0.1) is 0 Å². The fraction of sp³-hybridized carbons (Fsp3) is 0.667. The first-order valence-corrected chi connectivity index (χ1v) is 13.8.